The van der Waals surface area contributed by atoms with Gasteiger partial charge in [0.25, 0.3) is 10.0 Å². The van der Waals surface area contributed by atoms with Crippen molar-refractivity contribution in [1.82, 2.24) is 4.72 Å². The fourth-order valence-corrected chi connectivity index (χ4v) is 3.66. The number of nitrogens with two attached hydrogens (primary N) is 1. The monoisotopic (exact) mass is 404 g/mol. The van der Waals surface area contributed by atoms with Gasteiger partial charge < -0.3 is 11.1 Å². The van der Waals surface area contributed by atoms with Crippen molar-refractivity contribution in [2.45, 2.75) is 4.90 Å². The first kappa shape index (κ1) is 18.6. The Kier molecular flexibility index (Phi) is 4.73. The van der Waals surface area contributed by atoms with Gasteiger partial charge in [-0.15, -0.1) is 0 Å². The first-order chi connectivity index (χ1) is 12.7. The number of rotatable bonds is 4. The molecular weight excluding hydrogens is 392 g/mol. The SMILES string of the molecule is N=C(N)NS(=O)(=O)c1ccc(NC2=C(Cl)C(=O)c3ccccc3C2=O)cc1. The average molecular weight is 405 g/mol. The second-order valence-electron chi connectivity index (χ2n) is 5.56. The highest BCUT2D eigenvalue weighted by molar-refractivity contribution is 7.90. The highest BCUT2D eigenvalue weighted by Gasteiger charge is 2.31. The molecule has 1 aliphatic carbocycles. The minimum absolute atomic E-state index is 0.0853. The van der Waals surface area contributed by atoms with E-state index in [-0.39, 0.29) is 26.8 Å². The molecule has 0 heterocycles. The molecule has 0 bridgehead atoms. The van der Waals surface area contributed by atoms with Crippen LogP contribution in [0.25, 0.3) is 0 Å². The summed E-state index contributed by atoms with van der Waals surface area (Å²) in [5.74, 6) is -1.62. The number of carbonyl (C=O) groups is 2. The van der Waals surface area contributed by atoms with Crippen LogP contribution < -0.4 is 15.8 Å². The molecule has 10 heteroatoms. The van der Waals surface area contributed by atoms with Crippen LogP contribution in [0.1, 0.15) is 20.7 Å². The molecule has 1 aliphatic rings. The van der Waals surface area contributed by atoms with Gasteiger partial charge in [0.2, 0.25) is 11.6 Å². The molecular formula is C17H13ClN4O4S. The Morgan fingerprint density at radius 1 is 0.963 bits per heavy atom. The third-order valence-electron chi connectivity index (χ3n) is 3.74. The Balaban J connectivity index is 1.90. The van der Waals surface area contributed by atoms with Gasteiger partial charge in [-0.3, -0.25) is 15.0 Å². The predicted molar refractivity (Wildman–Crippen MR) is 100 cm³/mol. The lowest BCUT2D eigenvalue weighted by atomic mass is 9.92. The standard InChI is InChI=1S/C17H13ClN4O4S/c18-13-14(16(24)12-4-2-1-3-11(12)15(13)23)21-9-5-7-10(8-6-9)27(25,26)22-17(19)20/h1-8,21H,(H4,19,20,22). The molecule has 2 aromatic rings. The maximum atomic E-state index is 12.6. The summed E-state index contributed by atoms with van der Waals surface area (Å²) in [5.41, 5.74) is 5.78. The first-order valence-electron chi connectivity index (χ1n) is 7.53. The molecule has 0 spiro atoms. The molecule has 0 aromatic heterocycles. The third-order valence-corrected chi connectivity index (χ3v) is 5.48. The minimum atomic E-state index is -3.97. The number of Topliss-reactive ketones (excluding diaryl/α,β-unsaturated/α-hetero) is 2. The van der Waals surface area contributed by atoms with Gasteiger partial charge in [0.1, 0.15) is 10.7 Å². The van der Waals surface area contributed by atoms with E-state index in [2.05, 4.69) is 5.32 Å². The largest absolute Gasteiger partial charge is 0.369 e. The summed E-state index contributed by atoms with van der Waals surface area (Å²) in [6.45, 7) is 0. The molecule has 2 aromatic carbocycles. The molecule has 0 amide bonds. The zero-order valence-electron chi connectivity index (χ0n) is 13.6. The zero-order valence-corrected chi connectivity index (χ0v) is 15.2. The van der Waals surface area contributed by atoms with E-state index >= 15 is 0 Å². The Labute approximate surface area is 159 Å². The molecule has 27 heavy (non-hydrogen) atoms. The topological polar surface area (TPSA) is 142 Å². The lowest BCUT2D eigenvalue weighted by Crippen LogP contribution is -2.35. The highest BCUT2D eigenvalue weighted by atomic mass is 35.5. The van der Waals surface area contributed by atoms with Crippen LogP contribution >= 0.6 is 11.6 Å². The Morgan fingerprint density at radius 3 is 2.07 bits per heavy atom. The Morgan fingerprint density at radius 2 is 1.52 bits per heavy atom. The summed E-state index contributed by atoms with van der Waals surface area (Å²) in [7, 11) is -3.97. The van der Waals surface area contributed by atoms with E-state index < -0.39 is 27.5 Å². The summed E-state index contributed by atoms with van der Waals surface area (Å²) in [6.07, 6.45) is 0. The quantitative estimate of drug-likeness (QED) is 0.452. The predicted octanol–water partition coefficient (Wildman–Crippen LogP) is 1.80. The third kappa shape index (κ3) is 3.55. The van der Waals surface area contributed by atoms with Gasteiger partial charge in [-0.05, 0) is 24.3 Å². The fraction of sp³-hybridized carbons (Fsp3) is 0. The lowest BCUT2D eigenvalue weighted by Gasteiger charge is -2.19. The van der Waals surface area contributed by atoms with Crippen LogP contribution in [0, 0.1) is 5.41 Å². The van der Waals surface area contributed by atoms with Crippen molar-refractivity contribution in [3.8, 4) is 0 Å². The van der Waals surface area contributed by atoms with E-state index in [0.717, 1.165) is 0 Å². The maximum absolute atomic E-state index is 12.6. The van der Waals surface area contributed by atoms with E-state index in [0.29, 0.717) is 5.69 Å². The number of sulfonamides is 1. The second-order valence-corrected chi connectivity index (χ2v) is 7.62. The second kappa shape index (κ2) is 6.86. The molecule has 138 valence electrons. The summed E-state index contributed by atoms with van der Waals surface area (Å²) in [5, 5.41) is 9.54. The van der Waals surface area contributed by atoms with Gasteiger partial charge in [0, 0.05) is 16.8 Å². The van der Waals surface area contributed by atoms with Crippen LogP contribution in [0.5, 0.6) is 0 Å². The van der Waals surface area contributed by atoms with Crippen LogP contribution in [-0.4, -0.2) is 25.9 Å². The normalized spacial score (nSPS) is 14.0. The van der Waals surface area contributed by atoms with E-state index in [1.54, 1.807) is 12.1 Å². The molecule has 0 radical (unpaired) electrons. The van der Waals surface area contributed by atoms with E-state index in [1.807, 2.05) is 4.72 Å². The Hall–Kier alpha value is -3.17. The first-order valence-corrected chi connectivity index (χ1v) is 9.39. The summed E-state index contributed by atoms with van der Waals surface area (Å²) in [6, 6.07) is 11.6. The smallest absolute Gasteiger partial charge is 0.264 e. The van der Waals surface area contributed by atoms with Crippen LogP contribution in [0.3, 0.4) is 0 Å². The number of guanidine groups is 1. The number of allylic oxidation sites excluding steroid dienone is 2. The molecule has 5 N–H and O–H groups in total. The van der Waals surface area contributed by atoms with Gasteiger partial charge in [0.15, 0.2) is 5.96 Å². The van der Waals surface area contributed by atoms with Gasteiger partial charge in [-0.25, -0.2) is 13.1 Å². The fourth-order valence-electron chi connectivity index (χ4n) is 2.52. The number of nitrogens with one attached hydrogen (secondary N) is 3. The van der Waals surface area contributed by atoms with Crippen molar-refractivity contribution in [1.29, 1.82) is 5.41 Å². The van der Waals surface area contributed by atoms with E-state index in [4.69, 9.17) is 22.7 Å². The molecule has 0 atom stereocenters. The lowest BCUT2D eigenvalue weighted by molar-refractivity contribution is 0.0982. The average Bonchev–Trinajstić information content (AvgIpc) is 2.63. The number of halogens is 1. The van der Waals surface area contributed by atoms with Crippen molar-refractivity contribution in [2.24, 2.45) is 5.73 Å². The molecule has 0 saturated heterocycles. The van der Waals surface area contributed by atoms with Gasteiger partial charge in [-0.2, -0.15) is 0 Å². The van der Waals surface area contributed by atoms with Crippen molar-refractivity contribution in [3.05, 3.63) is 70.4 Å². The van der Waals surface area contributed by atoms with E-state index in [9.17, 15) is 18.0 Å². The summed E-state index contributed by atoms with van der Waals surface area (Å²) >= 11 is 6.07. The molecule has 0 fully saturated rings. The Bertz CT molecular complexity index is 1110. The number of carbonyl (C=O) groups excluding carboxylic acids is 2. The molecule has 8 nitrogen and oxygen atoms in total. The van der Waals surface area contributed by atoms with Crippen molar-refractivity contribution in [3.63, 3.8) is 0 Å². The summed E-state index contributed by atoms with van der Waals surface area (Å²) in [4.78, 5) is 24.8. The van der Waals surface area contributed by atoms with Crippen LogP contribution in [0.4, 0.5) is 5.69 Å². The number of anilines is 1. The summed E-state index contributed by atoms with van der Waals surface area (Å²) < 4.78 is 25.7. The van der Waals surface area contributed by atoms with Crippen molar-refractivity contribution in [2.75, 3.05) is 5.32 Å². The molecule has 0 aliphatic heterocycles. The molecule has 0 unspecified atom stereocenters. The number of hydrogen-bond acceptors (Lipinski definition) is 6. The van der Waals surface area contributed by atoms with Crippen LogP contribution in [-0.2, 0) is 10.0 Å². The van der Waals surface area contributed by atoms with Crippen molar-refractivity contribution < 1.29 is 18.0 Å². The highest BCUT2D eigenvalue weighted by Crippen LogP contribution is 2.29. The van der Waals surface area contributed by atoms with Gasteiger partial charge in [0.05, 0.1) is 4.90 Å². The van der Waals surface area contributed by atoms with Crippen LogP contribution in [0.15, 0.2) is 64.2 Å². The molecule has 0 saturated carbocycles. The van der Waals surface area contributed by atoms with Gasteiger partial charge in [-0.1, -0.05) is 35.9 Å². The van der Waals surface area contributed by atoms with E-state index in [1.165, 1.54) is 36.4 Å². The number of hydrogen-bond donors (Lipinski definition) is 4. The number of fused-ring (bicyclic) bond motifs is 1. The maximum Gasteiger partial charge on any atom is 0.264 e. The van der Waals surface area contributed by atoms with Gasteiger partial charge >= 0.3 is 0 Å². The molecule has 3 rings (SSSR count). The van der Waals surface area contributed by atoms with Crippen LogP contribution in [0.2, 0.25) is 0 Å². The van der Waals surface area contributed by atoms with Crippen molar-refractivity contribution >= 4 is 44.8 Å². The number of ketones is 2. The minimum Gasteiger partial charge on any atom is -0.369 e. The number of benzene rings is 2. The zero-order chi connectivity index (χ0) is 19.8.